The van der Waals surface area contributed by atoms with Gasteiger partial charge in [0, 0.05) is 12.1 Å². The van der Waals surface area contributed by atoms with Gasteiger partial charge in [-0.15, -0.1) is 0 Å². The molecule has 9 heteroatoms. The molecule has 0 bridgehead atoms. The number of nitrogens with zero attached hydrogens (tertiary/aromatic N) is 1. The lowest BCUT2D eigenvalue weighted by Crippen LogP contribution is -2.55. The average molecular weight is 449 g/mol. The van der Waals surface area contributed by atoms with E-state index >= 15 is 0 Å². The van der Waals surface area contributed by atoms with Gasteiger partial charge in [-0.05, 0) is 54.0 Å². The number of nitrogens with two attached hydrogens (primary N) is 1. The first-order valence-electron chi connectivity index (χ1n) is 10.6. The van der Waals surface area contributed by atoms with Crippen molar-refractivity contribution in [1.29, 1.82) is 0 Å². The Labute approximate surface area is 190 Å². The van der Waals surface area contributed by atoms with Crippen LogP contribution in [0.15, 0.2) is 30.3 Å². The molecule has 4 amide bonds. The molecule has 0 saturated carbocycles. The Morgan fingerprint density at radius 1 is 1.03 bits per heavy atom. The summed E-state index contributed by atoms with van der Waals surface area (Å²) in [6.45, 7) is 12.4. The van der Waals surface area contributed by atoms with Crippen LogP contribution in [0.5, 0.6) is 0 Å². The second-order valence-corrected chi connectivity index (χ2v) is 9.55. The van der Waals surface area contributed by atoms with Crippen LogP contribution in [0, 0.1) is 0 Å². The summed E-state index contributed by atoms with van der Waals surface area (Å²) in [5.74, 6) is -1.77. The predicted molar refractivity (Wildman–Crippen MR) is 121 cm³/mol. The number of nitrogens with one attached hydrogen (secondary N) is 2. The molecular weight excluding hydrogens is 412 g/mol. The first-order valence-corrected chi connectivity index (χ1v) is 10.6. The van der Waals surface area contributed by atoms with Crippen molar-refractivity contribution in [3.63, 3.8) is 0 Å². The summed E-state index contributed by atoms with van der Waals surface area (Å²) in [5.41, 5.74) is 4.59. The van der Waals surface area contributed by atoms with Crippen LogP contribution in [-0.4, -0.2) is 52.4 Å². The second kappa shape index (κ2) is 11.0. The first-order chi connectivity index (χ1) is 14.6. The number of alkyl carbamates (subject to hydrolysis) is 1. The predicted octanol–water partition coefficient (Wildman–Crippen LogP) is 2.26. The molecule has 9 nitrogen and oxygen atoms in total. The van der Waals surface area contributed by atoms with Gasteiger partial charge in [-0.25, -0.2) is 4.79 Å². The second-order valence-electron chi connectivity index (χ2n) is 9.55. The van der Waals surface area contributed by atoms with Gasteiger partial charge in [-0.3, -0.25) is 14.4 Å². The quantitative estimate of drug-likeness (QED) is 0.561. The van der Waals surface area contributed by atoms with Crippen molar-refractivity contribution in [3.8, 4) is 0 Å². The SMILES string of the molecule is CCN(C(=O)C(CC(N)=O)NC(=O)OC(C)(C)C)C(C(=O)NC(C)(C)C)c1ccccc1. The highest BCUT2D eigenvalue weighted by atomic mass is 16.6. The molecule has 32 heavy (non-hydrogen) atoms. The average Bonchev–Trinajstić information content (AvgIpc) is 2.62. The molecule has 0 aliphatic carbocycles. The molecule has 1 aromatic rings. The summed E-state index contributed by atoms with van der Waals surface area (Å²) in [6.07, 6.45) is -1.29. The zero-order chi connectivity index (χ0) is 24.7. The summed E-state index contributed by atoms with van der Waals surface area (Å²) >= 11 is 0. The molecule has 1 rings (SSSR count). The van der Waals surface area contributed by atoms with Gasteiger partial charge in [0.25, 0.3) is 0 Å². The van der Waals surface area contributed by atoms with Gasteiger partial charge >= 0.3 is 6.09 Å². The number of ether oxygens (including phenoxy) is 1. The Hall–Kier alpha value is -3.10. The zero-order valence-electron chi connectivity index (χ0n) is 20.0. The van der Waals surface area contributed by atoms with Gasteiger partial charge in [-0.2, -0.15) is 0 Å². The van der Waals surface area contributed by atoms with Gasteiger partial charge in [0.1, 0.15) is 17.7 Å². The standard InChI is InChI=1S/C23H36N4O5/c1-8-27(18(15-12-10-9-11-13-15)19(29)26-22(2,3)4)20(30)16(14-17(24)28)25-21(31)32-23(5,6)7/h9-13,16,18H,8,14H2,1-7H3,(H2,24,28)(H,25,31)(H,26,29). The minimum Gasteiger partial charge on any atom is -0.444 e. The van der Waals surface area contributed by atoms with Crippen LogP contribution in [0.1, 0.15) is 66.5 Å². The fourth-order valence-corrected chi connectivity index (χ4v) is 3.06. The highest BCUT2D eigenvalue weighted by Gasteiger charge is 2.37. The maximum Gasteiger partial charge on any atom is 0.408 e. The molecule has 0 aliphatic heterocycles. The third-order valence-corrected chi connectivity index (χ3v) is 4.19. The number of benzene rings is 1. The van der Waals surface area contributed by atoms with Crippen LogP contribution >= 0.6 is 0 Å². The number of rotatable bonds is 8. The number of likely N-dealkylation sites (N-methyl/N-ethyl adjacent to an activating group) is 1. The van der Waals surface area contributed by atoms with Gasteiger partial charge in [0.15, 0.2) is 0 Å². The largest absolute Gasteiger partial charge is 0.444 e. The molecule has 178 valence electrons. The summed E-state index contributed by atoms with van der Waals surface area (Å²) in [6, 6.07) is 6.58. The van der Waals surface area contributed by atoms with Crippen LogP contribution in [-0.2, 0) is 19.1 Å². The molecule has 0 spiro atoms. The smallest absolute Gasteiger partial charge is 0.408 e. The van der Waals surface area contributed by atoms with E-state index < -0.39 is 47.6 Å². The van der Waals surface area contributed by atoms with Crippen molar-refractivity contribution < 1.29 is 23.9 Å². The monoisotopic (exact) mass is 448 g/mol. The van der Waals surface area contributed by atoms with Crippen molar-refractivity contribution in [1.82, 2.24) is 15.5 Å². The lowest BCUT2D eigenvalue weighted by molar-refractivity contribution is -0.143. The lowest BCUT2D eigenvalue weighted by atomic mass is 10.0. The van der Waals surface area contributed by atoms with Crippen molar-refractivity contribution in [3.05, 3.63) is 35.9 Å². The minimum atomic E-state index is -1.28. The third kappa shape index (κ3) is 8.95. The van der Waals surface area contributed by atoms with E-state index in [-0.39, 0.29) is 12.5 Å². The van der Waals surface area contributed by atoms with E-state index in [2.05, 4.69) is 10.6 Å². The molecule has 0 aliphatic rings. The molecule has 0 heterocycles. The molecule has 0 saturated heterocycles. The minimum absolute atomic E-state index is 0.154. The fourth-order valence-electron chi connectivity index (χ4n) is 3.06. The highest BCUT2D eigenvalue weighted by molar-refractivity contribution is 5.94. The maximum absolute atomic E-state index is 13.5. The van der Waals surface area contributed by atoms with Crippen LogP contribution < -0.4 is 16.4 Å². The fraction of sp³-hybridized carbons (Fsp3) is 0.565. The summed E-state index contributed by atoms with van der Waals surface area (Å²) in [4.78, 5) is 51.9. The van der Waals surface area contributed by atoms with Gasteiger partial charge in [0.2, 0.25) is 17.7 Å². The van der Waals surface area contributed by atoms with Crippen LogP contribution in [0.3, 0.4) is 0 Å². The molecule has 0 aromatic heterocycles. The first kappa shape index (κ1) is 26.9. The molecule has 2 unspecified atom stereocenters. The number of hydrogen-bond acceptors (Lipinski definition) is 5. The molecule has 2 atom stereocenters. The normalized spacial score (nSPS) is 13.5. The van der Waals surface area contributed by atoms with E-state index in [9.17, 15) is 19.2 Å². The molecule has 0 radical (unpaired) electrons. The Bertz CT molecular complexity index is 812. The summed E-state index contributed by atoms with van der Waals surface area (Å²) in [7, 11) is 0. The van der Waals surface area contributed by atoms with E-state index in [0.717, 1.165) is 0 Å². The van der Waals surface area contributed by atoms with Crippen LogP contribution in [0.25, 0.3) is 0 Å². The Balaban J connectivity index is 3.32. The number of carbonyl (C=O) groups is 4. The van der Waals surface area contributed by atoms with Gasteiger partial charge < -0.3 is 26.0 Å². The van der Waals surface area contributed by atoms with E-state index in [1.807, 2.05) is 20.8 Å². The third-order valence-electron chi connectivity index (χ3n) is 4.19. The van der Waals surface area contributed by atoms with E-state index in [4.69, 9.17) is 10.5 Å². The van der Waals surface area contributed by atoms with Crippen molar-refractivity contribution >= 4 is 23.8 Å². The van der Waals surface area contributed by atoms with E-state index in [1.165, 1.54) is 4.90 Å². The van der Waals surface area contributed by atoms with E-state index in [0.29, 0.717) is 5.56 Å². The molecule has 0 fully saturated rings. The number of primary amides is 1. The topological polar surface area (TPSA) is 131 Å². The maximum atomic E-state index is 13.5. The summed E-state index contributed by atoms with van der Waals surface area (Å²) < 4.78 is 5.22. The van der Waals surface area contributed by atoms with Gasteiger partial charge in [0.05, 0.1) is 6.42 Å². The number of amides is 4. The molecule has 1 aromatic carbocycles. The van der Waals surface area contributed by atoms with Crippen molar-refractivity contribution in [2.75, 3.05) is 6.54 Å². The lowest BCUT2D eigenvalue weighted by Gasteiger charge is -2.35. The molecular formula is C23H36N4O5. The van der Waals surface area contributed by atoms with Crippen LogP contribution in [0.2, 0.25) is 0 Å². The summed E-state index contributed by atoms with van der Waals surface area (Å²) in [5, 5.41) is 5.33. The Kier molecular flexibility index (Phi) is 9.23. The highest BCUT2D eigenvalue weighted by Crippen LogP contribution is 2.23. The zero-order valence-corrected chi connectivity index (χ0v) is 20.0. The van der Waals surface area contributed by atoms with Crippen molar-refractivity contribution in [2.24, 2.45) is 5.73 Å². The van der Waals surface area contributed by atoms with E-state index in [1.54, 1.807) is 58.0 Å². The Morgan fingerprint density at radius 2 is 1.59 bits per heavy atom. The van der Waals surface area contributed by atoms with Crippen molar-refractivity contribution in [2.45, 2.75) is 78.1 Å². The number of carbonyl (C=O) groups excluding carboxylic acids is 4. The number of hydrogen-bond donors (Lipinski definition) is 3. The molecule has 4 N–H and O–H groups in total. The van der Waals surface area contributed by atoms with Gasteiger partial charge in [-0.1, -0.05) is 30.3 Å². The van der Waals surface area contributed by atoms with Crippen LogP contribution in [0.4, 0.5) is 4.79 Å². The Morgan fingerprint density at radius 3 is 2.03 bits per heavy atom.